The molecule has 0 saturated carbocycles. The van der Waals surface area contributed by atoms with Crippen LogP contribution in [-0.4, -0.2) is 32.5 Å². The van der Waals surface area contributed by atoms with Crippen molar-refractivity contribution in [2.75, 3.05) is 18.0 Å². The average molecular weight is 432 g/mol. The molecule has 0 unspecified atom stereocenters. The largest absolute Gasteiger partial charge is 0.370 e. The Morgan fingerprint density at radius 1 is 1.00 bits per heavy atom. The molecule has 4 aromatic rings. The number of anilines is 1. The zero-order valence-electron chi connectivity index (χ0n) is 17.6. The lowest BCUT2D eigenvalue weighted by Gasteiger charge is -2.36. The molecule has 1 aliphatic rings. The second kappa shape index (κ2) is 7.75. The van der Waals surface area contributed by atoms with Crippen LogP contribution in [0.15, 0.2) is 61.2 Å². The predicted octanol–water partition coefficient (Wildman–Crippen LogP) is 5.39. The van der Waals surface area contributed by atoms with Crippen molar-refractivity contribution in [2.45, 2.75) is 26.3 Å². The normalized spacial score (nSPS) is 15.9. The second-order valence-electron chi connectivity index (χ2n) is 8.47. The number of aromatic nitrogens is 4. The number of piperidine rings is 1. The molecule has 0 atom stereocenters. The van der Waals surface area contributed by atoms with Gasteiger partial charge in [-0.25, -0.2) is 9.20 Å². The molecule has 1 aromatic carbocycles. The minimum atomic E-state index is -2.65. The van der Waals surface area contributed by atoms with E-state index in [1.54, 1.807) is 0 Å². The number of alkyl halides is 2. The lowest BCUT2D eigenvalue weighted by atomic mass is 9.82. The van der Waals surface area contributed by atoms with Gasteiger partial charge in [-0.1, -0.05) is 24.3 Å². The maximum Gasteiger partial charge on any atom is 0.333 e. The number of rotatable bonds is 4. The Kier molecular flexibility index (Phi) is 4.89. The number of nitriles is 1. The highest BCUT2D eigenvalue weighted by molar-refractivity contribution is 5.90. The summed E-state index contributed by atoms with van der Waals surface area (Å²) in [6, 6.07) is 14.3. The molecule has 1 aliphatic heterocycles. The first-order chi connectivity index (χ1) is 15.5. The Labute approximate surface area is 184 Å². The molecule has 0 amide bonds. The summed E-state index contributed by atoms with van der Waals surface area (Å²) in [5, 5.41) is 17.7. The van der Waals surface area contributed by atoms with E-state index in [0.717, 1.165) is 53.8 Å². The van der Waals surface area contributed by atoms with E-state index in [1.165, 1.54) is 12.4 Å². The Morgan fingerprint density at radius 2 is 1.72 bits per heavy atom. The predicted molar refractivity (Wildman–Crippen MR) is 118 cm³/mol. The molecule has 1 saturated heterocycles. The summed E-state index contributed by atoms with van der Waals surface area (Å²) >= 11 is 0. The van der Waals surface area contributed by atoms with Gasteiger partial charge >= 0.3 is 6.55 Å². The molecule has 162 valence electrons. The highest BCUT2D eigenvalue weighted by Gasteiger charge is 2.31. The van der Waals surface area contributed by atoms with Crippen molar-refractivity contribution >= 4 is 11.2 Å². The van der Waals surface area contributed by atoms with Crippen LogP contribution in [0.5, 0.6) is 0 Å². The van der Waals surface area contributed by atoms with Crippen LogP contribution < -0.4 is 4.90 Å². The molecule has 1 fully saturated rings. The zero-order valence-corrected chi connectivity index (χ0v) is 17.6. The fourth-order valence-corrected chi connectivity index (χ4v) is 4.28. The fraction of sp³-hybridized carbons (Fsp3) is 0.292. The van der Waals surface area contributed by atoms with E-state index in [9.17, 15) is 14.0 Å². The summed E-state index contributed by atoms with van der Waals surface area (Å²) in [6.07, 6.45) is 8.23. The Balaban J connectivity index is 1.48. The first-order valence-electron chi connectivity index (χ1n) is 10.5. The van der Waals surface area contributed by atoms with E-state index in [4.69, 9.17) is 0 Å². The van der Waals surface area contributed by atoms with Crippen LogP contribution in [0.4, 0.5) is 14.5 Å². The van der Waals surface area contributed by atoms with Gasteiger partial charge in [0.15, 0.2) is 0 Å². The number of nitrogens with zero attached hydrogens (tertiary/aromatic N) is 6. The molecule has 0 radical (unpaired) electrons. The van der Waals surface area contributed by atoms with Crippen LogP contribution in [0, 0.1) is 16.7 Å². The van der Waals surface area contributed by atoms with Crippen molar-refractivity contribution in [1.29, 1.82) is 5.26 Å². The van der Waals surface area contributed by atoms with Gasteiger partial charge in [0.05, 0.1) is 35.1 Å². The topological polar surface area (TPSA) is 62.1 Å². The van der Waals surface area contributed by atoms with Gasteiger partial charge in [-0.15, -0.1) is 0 Å². The fourth-order valence-electron chi connectivity index (χ4n) is 4.28. The van der Waals surface area contributed by atoms with E-state index in [2.05, 4.69) is 27.2 Å². The quantitative estimate of drug-likeness (QED) is 0.434. The highest BCUT2D eigenvalue weighted by Crippen LogP contribution is 2.37. The smallest absolute Gasteiger partial charge is 0.333 e. The van der Waals surface area contributed by atoms with E-state index in [-0.39, 0.29) is 5.41 Å². The van der Waals surface area contributed by atoms with Gasteiger partial charge in [0.2, 0.25) is 0 Å². The van der Waals surface area contributed by atoms with Gasteiger partial charge in [0.1, 0.15) is 0 Å². The van der Waals surface area contributed by atoms with Gasteiger partial charge in [0.25, 0.3) is 0 Å². The monoisotopic (exact) mass is 432 g/mol. The maximum absolute atomic E-state index is 12.8. The summed E-state index contributed by atoms with van der Waals surface area (Å²) in [4.78, 5) is 2.33. The molecular formula is C24H22F2N6. The number of benzene rings is 1. The Bertz CT molecular complexity index is 1290. The molecule has 8 heteroatoms. The summed E-state index contributed by atoms with van der Waals surface area (Å²) in [7, 11) is 0. The van der Waals surface area contributed by atoms with Crippen LogP contribution in [-0.2, 0) is 0 Å². The van der Waals surface area contributed by atoms with Crippen molar-refractivity contribution < 1.29 is 8.78 Å². The summed E-state index contributed by atoms with van der Waals surface area (Å²) < 4.78 is 28.2. The minimum absolute atomic E-state index is 0.265. The third-order valence-corrected chi connectivity index (χ3v) is 6.33. The molecular weight excluding hydrogens is 410 g/mol. The third-order valence-electron chi connectivity index (χ3n) is 6.33. The van der Waals surface area contributed by atoms with E-state index >= 15 is 0 Å². The molecule has 0 bridgehead atoms. The number of pyridine rings is 1. The van der Waals surface area contributed by atoms with Crippen molar-refractivity contribution in [1.82, 2.24) is 19.4 Å². The van der Waals surface area contributed by atoms with Gasteiger partial charge < -0.3 is 4.90 Å². The summed E-state index contributed by atoms with van der Waals surface area (Å²) in [5.41, 5.74) is 5.32. The van der Waals surface area contributed by atoms with E-state index in [0.29, 0.717) is 10.2 Å². The molecule has 32 heavy (non-hydrogen) atoms. The van der Waals surface area contributed by atoms with Crippen molar-refractivity contribution in [2.24, 2.45) is 5.41 Å². The van der Waals surface area contributed by atoms with Gasteiger partial charge in [-0.3, -0.25) is 0 Å². The van der Waals surface area contributed by atoms with Crippen LogP contribution in [0.3, 0.4) is 0 Å². The van der Waals surface area contributed by atoms with E-state index < -0.39 is 6.55 Å². The molecule has 5 rings (SSSR count). The van der Waals surface area contributed by atoms with Crippen LogP contribution >= 0.6 is 0 Å². The van der Waals surface area contributed by atoms with Crippen molar-refractivity contribution in [3.05, 3.63) is 61.2 Å². The van der Waals surface area contributed by atoms with Crippen LogP contribution in [0.2, 0.25) is 0 Å². The molecule has 0 spiro atoms. The molecule has 3 aromatic heterocycles. The number of hydrogen-bond acceptors (Lipinski definition) is 4. The van der Waals surface area contributed by atoms with Crippen molar-refractivity contribution in [3.8, 4) is 28.3 Å². The Morgan fingerprint density at radius 3 is 2.38 bits per heavy atom. The zero-order chi connectivity index (χ0) is 22.3. The highest BCUT2D eigenvalue weighted by atomic mass is 19.3. The molecule has 0 N–H and O–H groups in total. The molecule has 6 nitrogen and oxygen atoms in total. The average Bonchev–Trinajstić information content (AvgIpc) is 3.48. The lowest BCUT2D eigenvalue weighted by molar-refractivity contribution is 0.0566. The van der Waals surface area contributed by atoms with Gasteiger partial charge in [0, 0.05) is 36.6 Å². The summed E-state index contributed by atoms with van der Waals surface area (Å²) in [5.74, 6) is 0. The maximum atomic E-state index is 12.8. The number of halogens is 2. The van der Waals surface area contributed by atoms with Gasteiger partial charge in [-0.2, -0.15) is 24.2 Å². The van der Waals surface area contributed by atoms with Gasteiger partial charge in [-0.05, 0) is 43.0 Å². The summed E-state index contributed by atoms with van der Waals surface area (Å²) in [6.45, 7) is 1.02. The molecule has 4 heterocycles. The molecule has 0 aliphatic carbocycles. The second-order valence-corrected chi connectivity index (χ2v) is 8.47. The lowest BCUT2D eigenvalue weighted by Crippen LogP contribution is -2.38. The van der Waals surface area contributed by atoms with Crippen molar-refractivity contribution in [3.63, 3.8) is 0 Å². The Hall–Kier alpha value is -3.73. The van der Waals surface area contributed by atoms with Crippen LogP contribution in [0.25, 0.3) is 27.8 Å². The van der Waals surface area contributed by atoms with E-state index in [1.807, 2.05) is 54.2 Å². The first kappa shape index (κ1) is 20.2. The SMILES string of the molecule is CC1(C#N)CCN(c2cccn3ncc(-c4ccc(-c5cnn(C(F)F)c5)cc4)c23)CC1. The number of hydrogen-bond donors (Lipinski definition) is 0. The number of fused-ring (bicyclic) bond motifs is 1. The minimum Gasteiger partial charge on any atom is -0.370 e. The standard InChI is InChI=1S/C24H22F2N6/c1-24(16-27)8-11-30(12-9-24)21-3-2-10-31-22(21)20(14-29-31)18-6-4-17(5-7-18)19-13-28-32(15-19)23(25)26/h2-7,10,13-15,23H,8-9,11-12H2,1H3. The first-order valence-corrected chi connectivity index (χ1v) is 10.5. The van der Waals surface area contributed by atoms with Crippen LogP contribution in [0.1, 0.15) is 26.3 Å². The third kappa shape index (κ3) is 3.50.